The van der Waals surface area contributed by atoms with Crippen molar-refractivity contribution in [3.8, 4) is 0 Å². The molecule has 1 unspecified atom stereocenters. The lowest BCUT2D eigenvalue weighted by Crippen LogP contribution is -2.40. The van der Waals surface area contributed by atoms with Crippen LogP contribution in [0.1, 0.15) is 61.1 Å². The summed E-state index contributed by atoms with van der Waals surface area (Å²) in [5, 5.41) is 3.12. The summed E-state index contributed by atoms with van der Waals surface area (Å²) in [4.78, 5) is 12.7. The fourth-order valence-corrected chi connectivity index (χ4v) is 5.40. The first-order valence-electron chi connectivity index (χ1n) is 9.29. The van der Waals surface area contributed by atoms with Gasteiger partial charge in [0.2, 0.25) is 10.0 Å². The van der Waals surface area contributed by atoms with Gasteiger partial charge in [0.1, 0.15) is 4.90 Å². The van der Waals surface area contributed by atoms with Crippen LogP contribution in [-0.4, -0.2) is 19.9 Å². The quantitative estimate of drug-likeness (QED) is 0.777. The number of hydrogen-bond donors (Lipinski definition) is 2. The van der Waals surface area contributed by atoms with Gasteiger partial charge < -0.3 is 5.32 Å². The third-order valence-corrected chi connectivity index (χ3v) is 6.84. The van der Waals surface area contributed by atoms with E-state index in [1.807, 2.05) is 18.2 Å². The molecule has 7 heteroatoms. The first-order chi connectivity index (χ1) is 13.1. The van der Waals surface area contributed by atoms with Crippen LogP contribution in [0.2, 0.25) is 5.02 Å². The molecule has 0 spiro atoms. The van der Waals surface area contributed by atoms with Crippen molar-refractivity contribution in [2.45, 2.75) is 56.5 Å². The minimum Gasteiger partial charge on any atom is -0.345 e. The fraction of sp³-hybridized carbons (Fsp3) is 0.381. The van der Waals surface area contributed by atoms with Crippen LogP contribution < -0.4 is 10.0 Å². The predicted octanol–water partition coefficient (Wildman–Crippen LogP) is 4.22. The summed E-state index contributed by atoms with van der Waals surface area (Å²) in [6, 6.07) is 12.3. The molecule has 0 fully saturated rings. The minimum atomic E-state index is -3.85. The van der Waals surface area contributed by atoms with Crippen molar-refractivity contribution < 1.29 is 13.2 Å². The van der Waals surface area contributed by atoms with Gasteiger partial charge in [0, 0.05) is 11.1 Å². The molecule has 1 amide bonds. The second-order valence-corrected chi connectivity index (χ2v) is 10.2. The molecule has 2 N–H and O–H groups in total. The van der Waals surface area contributed by atoms with Crippen LogP contribution in [0.4, 0.5) is 0 Å². The monoisotopic (exact) mass is 420 g/mol. The summed E-state index contributed by atoms with van der Waals surface area (Å²) in [5.74, 6) is -0.314. The van der Waals surface area contributed by atoms with Crippen LogP contribution in [0.5, 0.6) is 0 Å². The Hall–Kier alpha value is -1.89. The van der Waals surface area contributed by atoms with Gasteiger partial charge >= 0.3 is 0 Å². The molecular weight excluding hydrogens is 396 g/mol. The summed E-state index contributed by atoms with van der Waals surface area (Å²) >= 11 is 6.12. The summed E-state index contributed by atoms with van der Waals surface area (Å²) in [6.07, 6.45) is 2.86. The number of nitrogens with one attached hydrogen (secondary N) is 2. The summed E-state index contributed by atoms with van der Waals surface area (Å²) in [7, 11) is -3.85. The highest BCUT2D eigenvalue weighted by atomic mass is 35.5. The number of amides is 1. The van der Waals surface area contributed by atoms with Gasteiger partial charge in [-0.1, -0.05) is 35.9 Å². The molecule has 28 heavy (non-hydrogen) atoms. The lowest BCUT2D eigenvalue weighted by atomic mass is 9.87. The lowest BCUT2D eigenvalue weighted by Gasteiger charge is -2.26. The van der Waals surface area contributed by atoms with Crippen LogP contribution >= 0.6 is 11.6 Å². The molecule has 1 aliphatic rings. The zero-order valence-electron chi connectivity index (χ0n) is 16.3. The van der Waals surface area contributed by atoms with E-state index in [1.54, 1.807) is 26.8 Å². The molecule has 2 aromatic carbocycles. The number of rotatable bonds is 4. The Kier molecular flexibility index (Phi) is 5.84. The molecule has 150 valence electrons. The highest BCUT2D eigenvalue weighted by molar-refractivity contribution is 7.89. The molecule has 5 nitrogen and oxygen atoms in total. The lowest BCUT2D eigenvalue weighted by molar-refractivity contribution is 0.0932. The van der Waals surface area contributed by atoms with Crippen molar-refractivity contribution >= 4 is 27.5 Å². The first kappa shape index (κ1) is 20.8. The van der Waals surface area contributed by atoms with Gasteiger partial charge in [-0.15, -0.1) is 0 Å². The molecule has 0 saturated heterocycles. The van der Waals surface area contributed by atoms with E-state index >= 15 is 0 Å². The van der Waals surface area contributed by atoms with Crippen LogP contribution in [0.15, 0.2) is 47.4 Å². The topological polar surface area (TPSA) is 75.3 Å². The Balaban J connectivity index is 1.86. The number of benzene rings is 2. The SMILES string of the molecule is CC(C)(C)NS(=O)(=O)c1cc(C(=O)NC2CCCc3ccccc32)ccc1Cl. The average Bonchev–Trinajstić information content (AvgIpc) is 2.60. The third-order valence-electron chi connectivity index (χ3n) is 4.60. The number of sulfonamides is 1. The maximum atomic E-state index is 12.8. The highest BCUT2D eigenvalue weighted by Crippen LogP contribution is 2.30. The van der Waals surface area contributed by atoms with Crippen LogP contribution in [-0.2, 0) is 16.4 Å². The number of carbonyl (C=O) groups excluding carboxylic acids is 1. The van der Waals surface area contributed by atoms with Gasteiger partial charge in [-0.2, -0.15) is 0 Å². The zero-order valence-corrected chi connectivity index (χ0v) is 17.8. The minimum absolute atomic E-state index is 0.0799. The van der Waals surface area contributed by atoms with Crippen molar-refractivity contribution in [1.82, 2.24) is 10.0 Å². The molecule has 0 heterocycles. The van der Waals surface area contributed by atoms with Gasteiger partial charge in [-0.3, -0.25) is 4.79 Å². The Morgan fingerprint density at radius 3 is 2.57 bits per heavy atom. The van der Waals surface area contributed by atoms with E-state index in [0.29, 0.717) is 0 Å². The second-order valence-electron chi connectivity index (χ2n) is 8.12. The van der Waals surface area contributed by atoms with Crippen molar-refractivity contribution in [2.24, 2.45) is 0 Å². The van der Waals surface area contributed by atoms with E-state index < -0.39 is 15.6 Å². The maximum absolute atomic E-state index is 12.8. The molecular formula is C21H25ClN2O3S. The van der Waals surface area contributed by atoms with Gasteiger partial charge in [-0.05, 0) is 69.4 Å². The van der Waals surface area contributed by atoms with E-state index in [0.717, 1.165) is 24.8 Å². The van der Waals surface area contributed by atoms with Gasteiger partial charge in [0.05, 0.1) is 11.1 Å². The number of hydrogen-bond acceptors (Lipinski definition) is 3. The van der Waals surface area contributed by atoms with E-state index in [9.17, 15) is 13.2 Å². The smallest absolute Gasteiger partial charge is 0.251 e. The fourth-order valence-electron chi connectivity index (χ4n) is 3.45. The molecule has 1 atom stereocenters. The van der Waals surface area contributed by atoms with Crippen molar-refractivity contribution in [3.63, 3.8) is 0 Å². The highest BCUT2D eigenvalue weighted by Gasteiger charge is 2.26. The normalized spacial score (nSPS) is 17.1. The Bertz CT molecular complexity index is 997. The van der Waals surface area contributed by atoms with E-state index in [2.05, 4.69) is 16.1 Å². The van der Waals surface area contributed by atoms with Crippen molar-refractivity contribution in [3.05, 3.63) is 64.2 Å². The van der Waals surface area contributed by atoms with Crippen LogP contribution in [0, 0.1) is 0 Å². The van der Waals surface area contributed by atoms with Gasteiger partial charge in [0.25, 0.3) is 5.91 Å². The molecule has 2 aromatic rings. The average molecular weight is 421 g/mol. The maximum Gasteiger partial charge on any atom is 0.251 e. The third kappa shape index (κ3) is 4.74. The molecule has 0 aromatic heterocycles. The molecule has 0 saturated carbocycles. The number of fused-ring (bicyclic) bond motifs is 1. The molecule has 0 bridgehead atoms. The Morgan fingerprint density at radius 2 is 1.86 bits per heavy atom. The summed E-state index contributed by atoms with van der Waals surface area (Å²) in [5.41, 5.74) is 1.97. The van der Waals surface area contributed by atoms with E-state index in [4.69, 9.17) is 11.6 Å². The zero-order chi connectivity index (χ0) is 20.5. The molecule has 3 rings (SSSR count). The van der Waals surface area contributed by atoms with Crippen molar-refractivity contribution in [1.29, 1.82) is 0 Å². The number of aryl methyl sites for hydroxylation is 1. The van der Waals surface area contributed by atoms with Crippen LogP contribution in [0.3, 0.4) is 0 Å². The van der Waals surface area contributed by atoms with E-state index in [-0.39, 0.29) is 27.4 Å². The largest absolute Gasteiger partial charge is 0.345 e. The second kappa shape index (κ2) is 7.85. The molecule has 0 radical (unpaired) electrons. The number of carbonyl (C=O) groups is 1. The Morgan fingerprint density at radius 1 is 1.14 bits per heavy atom. The van der Waals surface area contributed by atoms with Crippen molar-refractivity contribution in [2.75, 3.05) is 0 Å². The Labute approximate surface area is 171 Å². The molecule has 0 aliphatic heterocycles. The van der Waals surface area contributed by atoms with Gasteiger partial charge in [-0.25, -0.2) is 13.1 Å². The summed E-state index contributed by atoms with van der Waals surface area (Å²) < 4.78 is 27.9. The standard InChI is InChI=1S/C21H25ClN2O3S/c1-21(2,3)24-28(26,27)19-13-15(11-12-17(19)22)20(25)23-18-10-6-8-14-7-4-5-9-16(14)18/h4-5,7,9,11-13,18,24H,6,8,10H2,1-3H3,(H,23,25). The first-order valence-corrected chi connectivity index (χ1v) is 11.2. The van der Waals surface area contributed by atoms with E-state index in [1.165, 1.54) is 17.7 Å². The molecule has 1 aliphatic carbocycles. The predicted molar refractivity (Wildman–Crippen MR) is 111 cm³/mol. The summed E-state index contributed by atoms with van der Waals surface area (Å²) in [6.45, 7) is 5.24. The van der Waals surface area contributed by atoms with Gasteiger partial charge in [0.15, 0.2) is 0 Å². The van der Waals surface area contributed by atoms with Crippen LogP contribution in [0.25, 0.3) is 0 Å². The number of halogens is 1.